The van der Waals surface area contributed by atoms with Gasteiger partial charge >= 0.3 is 0 Å². The van der Waals surface area contributed by atoms with Gasteiger partial charge in [0.25, 0.3) is 0 Å². The Morgan fingerprint density at radius 1 is 1.15 bits per heavy atom. The van der Waals surface area contributed by atoms with Crippen LogP contribution in [0.2, 0.25) is 0 Å². The highest BCUT2D eigenvalue weighted by atomic mass is 79.9. The highest BCUT2D eigenvalue weighted by Crippen LogP contribution is 2.64. The number of halogens is 2. The summed E-state index contributed by atoms with van der Waals surface area (Å²) in [6.07, 6.45) is 6.85. The highest BCUT2D eigenvalue weighted by Gasteiger charge is 2.43. The summed E-state index contributed by atoms with van der Waals surface area (Å²) in [4.78, 5) is 1.47. The second-order valence-corrected chi connectivity index (χ2v) is 9.99. The van der Waals surface area contributed by atoms with Crippen molar-refractivity contribution in [3.63, 3.8) is 0 Å². The molecule has 2 unspecified atom stereocenters. The zero-order valence-corrected chi connectivity index (χ0v) is 15.0. The molecule has 98 valence electrons. The molecule has 1 aliphatic heterocycles. The molecule has 2 aliphatic carbocycles. The maximum Gasteiger partial charge on any atom is 0.0749 e. The van der Waals surface area contributed by atoms with Crippen LogP contribution in [-0.4, -0.2) is 0 Å². The summed E-state index contributed by atoms with van der Waals surface area (Å²) >= 11 is 11.4. The first-order valence-corrected chi connectivity index (χ1v) is 9.65. The van der Waals surface area contributed by atoms with Crippen molar-refractivity contribution in [1.82, 2.24) is 0 Å². The molecule has 20 heavy (non-hydrogen) atoms. The maximum atomic E-state index is 3.81. The van der Waals surface area contributed by atoms with Gasteiger partial charge < -0.3 is 0 Å². The number of allylic oxidation sites excluding steroid dienone is 5. The summed E-state index contributed by atoms with van der Waals surface area (Å²) in [7, 11) is 0. The zero-order valence-electron chi connectivity index (χ0n) is 10.2. The molecule has 0 spiro atoms. The third-order valence-corrected chi connectivity index (χ3v) is 8.11. The Hall–Kier alpha value is -0.290. The molecule has 1 aromatic heterocycles. The lowest BCUT2D eigenvalue weighted by atomic mass is 9.72. The minimum absolute atomic E-state index is 0.477. The molecule has 0 nitrogen and oxygen atoms in total. The van der Waals surface area contributed by atoms with Gasteiger partial charge in [-0.1, -0.05) is 42.1 Å². The molecule has 0 radical (unpaired) electrons. The Balaban J connectivity index is 1.99. The molecule has 4 heteroatoms. The first kappa shape index (κ1) is 12.3. The van der Waals surface area contributed by atoms with Gasteiger partial charge in [-0.25, -0.2) is 0 Å². The van der Waals surface area contributed by atoms with E-state index in [2.05, 4.69) is 68.3 Å². The summed E-state index contributed by atoms with van der Waals surface area (Å²) in [5, 5.41) is 1.45. The quantitative estimate of drug-likeness (QED) is 0.457. The molecule has 2 atom stereocenters. The van der Waals surface area contributed by atoms with Crippen LogP contribution in [0.5, 0.6) is 0 Å². The normalized spacial score (nSPS) is 26.2. The fraction of sp³-hybridized carbons (Fsp3) is 0.125. The first-order chi connectivity index (χ1) is 9.75. The topological polar surface area (TPSA) is 0 Å². The number of benzene rings is 1. The number of rotatable bonds is 0. The average Bonchev–Trinajstić information content (AvgIpc) is 2.95. The van der Waals surface area contributed by atoms with E-state index >= 15 is 0 Å². The number of hydrogen-bond donors (Lipinski definition) is 0. The Morgan fingerprint density at radius 3 is 2.95 bits per heavy atom. The Kier molecular flexibility index (Phi) is 2.53. The van der Waals surface area contributed by atoms with Crippen LogP contribution >= 0.6 is 55.0 Å². The number of hydrogen-bond acceptors (Lipinski definition) is 2. The second kappa shape index (κ2) is 4.13. The van der Waals surface area contributed by atoms with Gasteiger partial charge in [0.05, 0.1) is 7.60 Å². The molecule has 2 heterocycles. The largest absolute Gasteiger partial charge is 0.128 e. The zero-order chi connectivity index (χ0) is 13.4. The molecular formula is C16H8Br2S2. The SMILES string of the molecule is BrC1=C2c3cccc4sc(Br)c(c34)C3C=CC=C(S1)C23. The lowest BCUT2D eigenvalue weighted by molar-refractivity contribution is 0.708. The van der Waals surface area contributed by atoms with Gasteiger partial charge in [0, 0.05) is 21.9 Å². The van der Waals surface area contributed by atoms with E-state index in [9.17, 15) is 0 Å². The lowest BCUT2D eigenvalue weighted by Gasteiger charge is -2.32. The van der Waals surface area contributed by atoms with Crippen LogP contribution in [0.3, 0.4) is 0 Å². The minimum atomic E-state index is 0.477. The van der Waals surface area contributed by atoms with Gasteiger partial charge in [-0.05, 0) is 59.5 Å². The van der Waals surface area contributed by atoms with E-state index in [0.29, 0.717) is 11.8 Å². The van der Waals surface area contributed by atoms with E-state index in [0.717, 1.165) is 0 Å². The highest BCUT2D eigenvalue weighted by molar-refractivity contribution is 9.14. The van der Waals surface area contributed by atoms with Gasteiger partial charge in [-0.2, -0.15) is 0 Å². The summed E-state index contributed by atoms with van der Waals surface area (Å²) in [5.41, 5.74) is 4.39. The van der Waals surface area contributed by atoms with E-state index in [1.54, 1.807) is 0 Å². The molecule has 5 rings (SSSR count). The van der Waals surface area contributed by atoms with Crippen molar-refractivity contribution in [2.75, 3.05) is 0 Å². The molecule has 3 aliphatic rings. The van der Waals surface area contributed by atoms with Crippen LogP contribution in [0, 0.1) is 5.92 Å². The molecular weight excluding hydrogens is 416 g/mol. The van der Waals surface area contributed by atoms with Gasteiger partial charge in [0.1, 0.15) is 0 Å². The number of thiophene rings is 1. The van der Waals surface area contributed by atoms with Crippen LogP contribution in [-0.2, 0) is 0 Å². The van der Waals surface area contributed by atoms with E-state index in [-0.39, 0.29) is 0 Å². The summed E-state index contributed by atoms with van der Waals surface area (Å²) < 4.78 is 3.97. The smallest absolute Gasteiger partial charge is 0.0749 e. The Bertz CT molecular complexity index is 870. The van der Waals surface area contributed by atoms with Crippen LogP contribution < -0.4 is 0 Å². The molecule has 1 aromatic carbocycles. The Labute approximate surface area is 141 Å². The average molecular weight is 424 g/mol. The molecule has 0 saturated heterocycles. The van der Waals surface area contributed by atoms with Crippen molar-refractivity contribution in [1.29, 1.82) is 0 Å². The monoisotopic (exact) mass is 422 g/mol. The van der Waals surface area contributed by atoms with Crippen LogP contribution in [0.4, 0.5) is 0 Å². The summed E-state index contributed by atoms with van der Waals surface area (Å²) in [6.45, 7) is 0. The van der Waals surface area contributed by atoms with Crippen molar-refractivity contribution in [3.05, 3.63) is 60.1 Å². The molecule has 0 saturated carbocycles. The van der Waals surface area contributed by atoms with Crippen molar-refractivity contribution >= 4 is 70.6 Å². The van der Waals surface area contributed by atoms with E-state index in [1.807, 2.05) is 23.1 Å². The minimum Gasteiger partial charge on any atom is -0.128 e. The standard InChI is InChI=1S/C16H8Br2S2/c17-15-13-7-3-1-5-9-11(7)14(16(18)19-9)8-4-2-6-10(20-15)12(8)13/h1-7,11H. The Morgan fingerprint density at radius 2 is 2.05 bits per heavy atom. The molecule has 0 bridgehead atoms. The second-order valence-electron chi connectivity index (χ2n) is 5.21. The van der Waals surface area contributed by atoms with Gasteiger partial charge in [0.15, 0.2) is 0 Å². The van der Waals surface area contributed by atoms with E-state index < -0.39 is 0 Å². The number of thioether (sulfide) groups is 1. The third kappa shape index (κ3) is 1.39. The van der Waals surface area contributed by atoms with Crippen molar-refractivity contribution in [2.45, 2.75) is 5.92 Å². The van der Waals surface area contributed by atoms with Gasteiger partial charge in [-0.15, -0.1) is 11.3 Å². The molecule has 0 fully saturated rings. The van der Waals surface area contributed by atoms with Crippen LogP contribution in [0.1, 0.15) is 17.0 Å². The number of fused-ring (bicyclic) bond motifs is 2. The fourth-order valence-electron chi connectivity index (χ4n) is 3.56. The van der Waals surface area contributed by atoms with Gasteiger partial charge in [-0.3, -0.25) is 0 Å². The first-order valence-electron chi connectivity index (χ1n) is 6.43. The molecule has 2 aromatic rings. The van der Waals surface area contributed by atoms with Crippen molar-refractivity contribution in [2.24, 2.45) is 5.92 Å². The predicted octanol–water partition coefficient (Wildman–Crippen LogP) is 6.64. The van der Waals surface area contributed by atoms with E-state index in [4.69, 9.17) is 0 Å². The van der Waals surface area contributed by atoms with E-state index in [1.165, 1.54) is 39.3 Å². The summed E-state index contributed by atoms with van der Waals surface area (Å²) in [6, 6.07) is 6.70. The third-order valence-electron chi connectivity index (χ3n) is 4.31. The van der Waals surface area contributed by atoms with Gasteiger partial charge in [0.2, 0.25) is 0 Å². The van der Waals surface area contributed by atoms with Crippen LogP contribution in [0.15, 0.2) is 48.9 Å². The molecule has 0 amide bonds. The fourth-order valence-corrected chi connectivity index (χ4v) is 7.67. The summed E-state index contributed by atoms with van der Waals surface area (Å²) in [5.74, 6) is 0.981. The maximum absolute atomic E-state index is 3.81. The van der Waals surface area contributed by atoms with Crippen molar-refractivity contribution in [3.8, 4) is 0 Å². The predicted molar refractivity (Wildman–Crippen MR) is 96.4 cm³/mol. The molecule has 0 N–H and O–H groups in total. The van der Waals surface area contributed by atoms with Crippen LogP contribution in [0.25, 0.3) is 15.7 Å². The lowest BCUT2D eigenvalue weighted by Crippen LogP contribution is -2.18. The van der Waals surface area contributed by atoms with Crippen molar-refractivity contribution < 1.29 is 0 Å².